The zero-order chi connectivity index (χ0) is 8.55. The molecule has 1 aromatic carbocycles. The van der Waals surface area contributed by atoms with Crippen LogP contribution in [0.1, 0.15) is 12.0 Å². The SMILES string of the molecule is Oc1cc2c(cc1F)CCCN2. The van der Waals surface area contributed by atoms with Crippen LogP contribution in [0.5, 0.6) is 5.75 Å². The van der Waals surface area contributed by atoms with Crippen molar-refractivity contribution in [2.45, 2.75) is 12.8 Å². The predicted octanol–water partition coefficient (Wildman–Crippen LogP) is 1.89. The minimum absolute atomic E-state index is 0.275. The number of anilines is 1. The molecule has 1 aromatic rings. The van der Waals surface area contributed by atoms with Crippen molar-refractivity contribution >= 4 is 5.69 Å². The van der Waals surface area contributed by atoms with E-state index in [4.69, 9.17) is 5.11 Å². The van der Waals surface area contributed by atoms with Crippen molar-refractivity contribution in [3.8, 4) is 5.75 Å². The first-order valence-electron chi connectivity index (χ1n) is 4.02. The van der Waals surface area contributed by atoms with Gasteiger partial charge >= 0.3 is 0 Å². The summed E-state index contributed by atoms with van der Waals surface area (Å²) in [4.78, 5) is 0. The van der Waals surface area contributed by atoms with Crippen molar-refractivity contribution in [2.24, 2.45) is 0 Å². The van der Waals surface area contributed by atoms with Gasteiger partial charge in [-0.2, -0.15) is 0 Å². The van der Waals surface area contributed by atoms with Crippen LogP contribution in [0.4, 0.5) is 10.1 Å². The van der Waals surface area contributed by atoms with Crippen LogP contribution in [-0.2, 0) is 6.42 Å². The predicted molar refractivity (Wildman–Crippen MR) is 44.9 cm³/mol. The first kappa shape index (κ1) is 7.40. The summed E-state index contributed by atoms with van der Waals surface area (Å²) in [6.07, 6.45) is 1.91. The summed E-state index contributed by atoms with van der Waals surface area (Å²) in [5.41, 5.74) is 1.82. The Kier molecular flexibility index (Phi) is 1.64. The average Bonchev–Trinajstić information content (AvgIpc) is 2.07. The van der Waals surface area contributed by atoms with E-state index in [9.17, 15) is 4.39 Å². The molecule has 3 heteroatoms. The topological polar surface area (TPSA) is 32.3 Å². The number of nitrogens with one attached hydrogen (secondary N) is 1. The number of hydrogen-bond donors (Lipinski definition) is 2. The molecule has 0 saturated carbocycles. The number of phenolic OH excluding ortho intramolecular Hbond substituents is 1. The molecule has 0 radical (unpaired) electrons. The molecule has 0 bridgehead atoms. The van der Waals surface area contributed by atoms with Crippen LogP contribution in [0.2, 0.25) is 0 Å². The Bertz CT molecular complexity index is 281. The maximum Gasteiger partial charge on any atom is 0.165 e. The van der Waals surface area contributed by atoms with Crippen LogP contribution in [0, 0.1) is 5.82 Å². The Labute approximate surface area is 70.0 Å². The lowest BCUT2D eigenvalue weighted by Gasteiger charge is -2.17. The van der Waals surface area contributed by atoms with Crippen molar-refractivity contribution < 1.29 is 9.50 Å². The van der Waals surface area contributed by atoms with Gasteiger partial charge in [-0.15, -0.1) is 0 Å². The van der Waals surface area contributed by atoms with E-state index in [1.165, 1.54) is 12.1 Å². The van der Waals surface area contributed by atoms with Gasteiger partial charge in [-0.25, -0.2) is 4.39 Å². The first-order valence-corrected chi connectivity index (χ1v) is 4.02. The fourth-order valence-corrected chi connectivity index (χ4v) is 1.48. The van der Waals surface area contributed by atoms with Gasteiger partial charge in [0.15, 0.2) is 11.6 Å². The van der Waals surface area contributed by atoms with E-state index in [1.54, 1.807) is 0 Å². The van der Waals surface area contributed by atoms with E-state index in [2.05, 4.69) is 5.32 Å². The summed E-state index contributed by atoms with van der Waals surface area (Å²) < 4.78 is 12.8. The molecule has 0 spiro atoms. The molecule has 2 nitrogen and oxygen atoms in total. The second-order valence-electron chi connectivity index (χ2n) is 2.99. The van der Waals surface area contributed by atoms with Gasteiger partial charge in [0.25, 0.3) is 0 Å². The summed E-state index contributed by atoms with van der Waals surface area (Å²) in [6, 6.07) is 2.85. The highest BCUT2D eigenvalue weighted by molar-refractivity contribution is 5.56. The highest BCUT2D eigenvalue weighted by Crippen LogP contribution is 2.28. The number of rotatable bonds is 0. The van der Waals surface area contributed by atoms with Crippen molar-refractivity contribution in [1.82, 2.24) is 0 Å². The van der Waals surface area contributed by atoms with E-state index in [1.807, 2.05) is 0 Å². The molecular formula is C9H10FNO. The molecule has 1 aliphatic heterocycles. The summed E-state index contributed by atoms with van der Waals surface area (Å²) >= 11 is 0. The van der Waals surface area contributed by atoms with Crippen LogP contribution in [0.3, 0.4) is 0 Å². The Balaban J connectivity index is 2.49. The average molecular weight is 167 g/mol. The standard InChI is InChI=1S/C9H10FNO/c10-7-4-6-2-1-3-11-8(6)5-9(7)12/h4-5,11-12H,1-3H2. The molecule has 12 heavy (non-hydrogen) atoms. The van der Waals surface area contributed by atoms with Gasteiger partial charge in [-0.3, -0.25) is 0 Å². The molecule has 0 unspecified atom stereocenters. The minimum atomic E-state index is -0.530. The normalized spacial score (nSPS) is 15.1. The molecule has 0 saturated heterocycles. The summed E-state index contributed by atoms with van der Waals surface area (Å²) in [6.45, 7) is 0.901. The first-order chi connectivity index (χ1) is 5.77. The van der Waals surface area contributed by atoms with Gasteiger partial charge in [0.1, 0.15) is 0 Å². The molecule has 2 rings (SSSR count). The quantitative estimate of drug-likeness (QED) is 0.618. The summed E-state index contributed by atoms with van der Waals surface area (Å²) in [5.74, 6) is -0.805. The number of aromatic hydroxyl groups is 1. The van der Waals surface area contributed by atoms with Gasteiger partial charge in [-0.1, -0.05) is 0 Å². The molecule has 0 aromatic heterocycles. The number of halogens is 1. The lowest BCUT2D eigenvalue weighted by molar-refractivity contribution is 0.432. The Hall–Kier alpha value is -1.25. The molecule has 2 N–H and O–H groups in total. The third kappa shape index (κ3) is 1.11. The van der Waals surface area contributed by atoms with Crippen molar-refractivity contribution in [3.63, 3.8) is 0 Å². The number of fused-ring (bicyclic) bond motifs is 1. The van der Waals surface area contributed by atoms with Crippen molar-refractivity contribution in [2.75, 3.05) is 11.9 Å². The zero-order valence-electron chi connectivity index (χ0n) is 6.60. The summed E-state index contributed by atoms with van der Waals surface area (Å²) in [7, 11) is 0. The molecule has 0 fully saturated rings. The molecular weight excluding hydrogens is 157 g/mol. The Morgan fingerprint density at radius 2 is 2.25 bits per heavy atom. The third-order valence-electron chi connectivity index (χ3n) is 2.11. The number of benzene rings is 1. The molecule has 0 atom stereocenters. The smallest absolute Gasteiger partial charge is 0.165 e. The lowest BCUT2D eigenvalue weighted by atomic mass is 10.0. The Morgan fingerprint density at radius 1 is 1.42 bits per heavy atom. The molecule has 1 heterocycles. The number of hydrogen-bond acceptors (Lipinski definition) is 2. The Morgan fingerprint density at radius 3 is 3.08 bits per heavy atom. The second-order valence-corrected chi connectivity index (χ2v) is 2.99. The summed E-state index contributed by atoms with van der Waals surface area (Å²) in [5, 5.41) is 12.2. The van der Waals surface area contributed by atoms with Gasteiger partial charge in [0.2, 0.25) is 0 Å². The van der Waals surface area contributed by atoms with Crippen LogP contribution >= 0.6 is 0 Å². The highest BCUT2D eigenvalue weighted by atomic mass is 19.1. The van der Waals surface area contributed by atoms with Gasteiger partial charge in [-0.05, 0) is 24.5 Å². The zero-order valence-corrected chi connectivity index (χ0v) is 6.60. The highest BCUT2D eigenvalue weighted by Gasteiger charge is 2.11. The van der Waals surface area contributed by atoms with Crippen molar-refractivity contribution in [3.05, 3.63) is 23.5 Å². The van der Waals surface area contributed by atoms with E-state index in [-0.39, 0.29) is 5.75 Å². The van der Waals surface area contributed by atoms with E-state index in [0.29, 0.717) is 0 Å². The molecule has 1 aliphatic rings. The van der Waals surface area contributed by atoms with Crippen LogP contribution in [-0.4, -0.2) is 11.7 Å². The van der Waals surface area contributed by atoms with E-state index < -0.39 is 5.82 Å². The van der Waals surface area contributed by atoms with E-state index in [0.717, 1.165) is 30.6 Å². The molecule has 64 valence electrons. The van der Waals surface area contributed by atoms with E-state index >= 15 is 0 Å². The fraction of sp³-hybridized carbons (Fsp3) is 0.333. The minimum Gasteiger partial charge on any atom is -0.505 e. The van der Waals surface area contributed by atoms with Crippen LogP contribution in [0.25, 0.3) is 0 Å². The van der Waals surface area contributed by atoms with Crippen LogP contribution in [0.15, 0.2) is 12.1 Å². The monoisotopic (exact) mass is 167 g/mol. The largest absolute Gasteiger partial charge is 0.505 e. The molecule has 0 amide bonds. The third-order valence-corrected chi connectivity index (χ3v) is 2.11. The maximum atomic E-state index is 12.8. The second kappa shape index (κ2) is 2.66. The number of aryl methyl sites for hydroxylation is 1. The lowest BCUT2D eigenvalue weighted by Crippen LogP contribution is -2.11. The van der Waals surface area contributed by atoms with Crippen LogP contribution < -0.4 is 5.32 Å². The molecule has 0 aliphatic carbocycles. The van der Waals surface area contributed by atoms with Crippen molar-refractivity contribution in [1.29, 1.82) is 0 Å². The maximum absolute atomic E-state index is 12.8. The fourth-order valence-electron chi connectivity index (χ4n) is 1.48. The van der Waals surface area contributed by atoms with Gasteiger partial charge in [0.05, 0.1) is 0 Å². The van der Waals surface area contributed by atoms with Gasteiger partial charge in [0, 0.05) is 18.3 Å². The van der Waals surface area contributed by atoms with Gasteiger partial charge < -0.3 is 10.4 Å². The number of phenols is 1.